The van der Waals surface area contributed by atoms with Crippen molar-refractivity contribution in [1.29, 1.82) is 0 Å². The van der Waals surface area contributed by atoms with Crippen molar-refractivity contribution in [2.45, 2.75) is 30.6 Å². The van der Waals surface area contributed by atoms with E-state index in [1.807, 2.05) is 23.6 Å². The predicted molar refractivity (Wildman–Crippen MR) is 100 cm³/mol. The second-order valence-electron chi connectivity index (χ2n) is 5.94. The summed E-state index contributed by atoms with van der Waals surface area (Å²) < 4.78 is 49.0. The minimum Gasteiger partial charge on any atom is -0.484 e. The predicted octanol–water partition coefficient (Wildman–Crippen LogP) is 5.27. The van der Waals surface area contributed by atoms with Crippen LogP contribution in [0.4, 0.5) is 13.2 Å². The van der Waals surface area contributed by atoms with E-state index in [1.54, 1.807) is 24.5 Å². The highest BCUT2D eigenvalue weighted by atomic mass is 32.2. The number of allylic oxidation sites excluding steroid dienone is 1. The maximum Gasteiger partial charge on any atom is 0.422 e. The topological polar surface area (TPSA) is 53.1 Å². The zero-order valence-electron chi connectivity index (χ0n) is 15.1. The van der Waals surface area contributed by atoms with Crippen molar-refractivity contribution in [3.63, 3.8) is 0 Å². The van der Waals surface area contributed by atoms with E-state index in [-0.39, 0.29) is 5.75 Å². The van der Waals surface area contributed by atoms with Crippen molar-refractivity contribution in [3.8, 4) is 17.1 Å². The number of hydrogen-bond acceptors (Lipinski definition) is 5. The molecule has 0 radical (unpaired) electrons. The van der Waals surface area contributed by atoms with Gasteiger partial charge in [-0.05, 0) is 30.7 Å². The summed E-state index contributed by atoms with van der Waals surface area (Å²) in [6.45, 7) is 4.83. The molecule has 3 rings (SSSR count). The molecule has 9 heteroatoms. The molecule has 5 nitrogen and oxygen atoms in total. The van der Waals surface area contributed by atoms with Crippen molar-refractivity contribution < 1.29 is 22.3 Å². The van der Waals surface area contributed by atoms with Gasteiger partial charge in [-0.3, -0.25) is 4.57 Å². The number of thioether (sulfide) groups is 1. The van der Waals surface area contributed by atoms with Gasteiger partial charge in [-0.1, -0.05) is 30.0 Å². The normalized spacial score (nSPS) is 11.6. The third kappa shape index (κ3) is 4.98. The van der Waals surface area contributed by atoms with Gasteiger partial charge in [0.05, 0.1) is 11.8 Å². The van der Waals surface area contributed by atoms with Gasteiger partial charge in [0.25, 0.3) is 0 Å². The Balaban J connectivity index is 1.73. The molecule has 0 N–H and O–H groups in total. The number of nitrogens with zero attached hydrogens (tertiary/aromatic N) is 3. The molecule has 0 saturated heterocycles. The third-order valence-corrected chi connectivity index (χ3v) is 4.84. The lowest BCUT2D eigenvalue weighted by molar-refractivity contribution is -0.153. The van der Waals surface area contributed by atoms with E-state index in [1.165, 1.54) is 17.8 Å². The lowest BCUT2D eigenvalue weighted by Crippen LogP contribution is -2.19. The van der Waals surface area contributed by atoms with E-state index in [9.17, 15) is 13.2 Å². The standard InChI is InChI=1S/C19H18F3N3O2S/c1-3-8-25-17(16-7-9-26-13(16)2)23-24-18(25)28-11-14-5-4-6-15(10-14)27-12-19(20,21)22/h3-7,9-10H,1,8,11-12H2,2H3. The molecule has 1 aromatic carbocycles. The Hall–Kier alpha value is -2.68. The molecule has 0 amide bonds. The smallest absolute Gasteiger partial charge is 0.422 e. The van der Waals surface area contributed by atoms with E-state index in [0.717, 1.165) is 16.9 Å². The summed E-state index contributed by atoms with van der Waals surface area (Å²) in [6, 6.07) is 8.40. The number of furan rings is 1. The molecule has 0 bridgehead atoms. The highest BCUT2D eigenvalue weighted by molar-refractivity contribution is 7.98. The first kappa shape index (κ1) is 20.1. The molecular formula is C19H18F3N3O2S. The van der Waals surface area contributed by atoms with Crippen LogP contribution < -0.4 is 4.74 Å². The molecule has 0 aliphatic carbocycles. The van der Waals surface area contributed by atoms with Crippen molar-refractivity contribution >= 4 is 11.8 Å². The van der Waals surface area contributed by atoms with Gasteiger partial charge in [-0.25, -0.2) is 0 Å². The number of benzene rings is 1. The Bertz CT molecular complexity index is 950. The van der Waals surface area contributed by atoms with Crippen LogP contribution >= 0.6 is 11.8 Å². The van der Waals surface area contributed by atoms with Crippen LogP contribution in [0, 0.1) is 6.92 Å². The molecule has 3 aromatic rings. The van der Waals surface area contributed by atoms with Crippen LogP contribution in [0.1, 0.15) is 11.3 Å². The lowest BCUT2D eigenvalue weighted by atomic mass is 10.2. The summed E-state index contributed by atoms with van der Waals surface area (Å²) in [4.78, 5) is 0. The van der Waals surface area contributed by atoms with Gasteiger partial charge in [-0.15, -0.1) is 16.8 Å². The van der Waals surface area contributed by atoms with Crippen LogP contribution in [0.25, 0.3) is 11.4 Å². The number of aromatic nitrogens is 3. The Labute approximate surface area is 164 Å². The average molecular weight is 409 g/mol. The van der Waals surface area contributed by atoms with Gasteiger partial charge in [0.1, 0.15) is 11.5 Å². The summed E-state index contributed by atoms with van der Waals surface area (Å²) in [5.41, 5.74) is 1.67. The zero-order chi connectivity index (χ0) is 20.1. The monoisotopic (exact) mass is 409 g/mol. The molecule has 0 unspecified atom stereocenters. The third-order valence-electron chi connectivity index (χ3n) is 3.80. The molecular weight excluding hydrogens is 391 g/mol. The fraction of sp³-hybridized carbons (Fsp3) is 0.263. The molecule has 0 atom stereocenters. The van der Waals surface area contributed by atoms with E-state index >= 15 is 0 Å². The lowest BCUT2D eigenvalue weighted by Gasteiger charge is -2.10. The Kier molecular flexibility index (Phi) is 6.13. The van der Waals surface area contributed by atoms with Gasteiger partial charge in [0.2, 0.25) is 0 Å². The van der Waals surface area contributed by atoms with Gasteiger partial charge in [0.15, 0.2) is 17.6 Å². The first-order valence-electron chi connectivity index (χ1n) is 8.37. The van der Waals surface area contributed by atoms with Crippen LogP contribution in [0.15, 0.2) is 58.8 Å². The van der Waals surface area contributed by atoms with Crippen molar-refractivity contribution in [2.75, 3.05) is 6.61 Å². The van der Waals surface area contributed by atoms with Crippen LogP contribution in [0.3, 0.4) is 0 Å². The summed E-state index contributed by atoms with van der Waals surface area (Å²) in [6.07, 6.45) is -1.03. The van der Waals surface area contributed by atoms with Crippen molar-refractivity contribution in [2.24, 2.45) is 0 Å². The molecule has 148 valence electrons. The van der Waals surface area contributed by atoms with E-state index < -0.39 is 12.8 Å². The van der Waals surface area contributed by atoms with Gasteiger partial charge in [0, 0.05) is 12.3 Å². The number of hydrogen-bond donors (Lipinski definition) is 0. The zero-order valence-corrected chi connectivity index (χ0v) is 15.9. The summed E-state index contributed by atoms with van der Waals surface area (Å²) in [5.74, 6) is 2.10. The second kappa shape index (κ2) is 8.55. The van der Waals surface area contributed by atoms with Gasteiger partial charge in [-0.2, -0.15) is 13.2 Å². The molecule has 2 heterocycles. The largest absolute Gasteiger partial charge is 0.484 e. The number of aryl methyl sites for hydroxylation is 1. The maximum absolute atomic E-state index is 12.3. The molecule has 2 aromatic heterocycles. The van der Waals surface area contributed by atoms with Gasteiger partial charge >= 0.3 is 6.18 Å². The molecule has 28 heavy (non-hydrogen) atoms. The molecule has 0 spiro atoms. The summed E-state index contributed by atoms with van der Waals surface area (Å²) in [7, 11) is 0. The van der Waals surface area contributed by atoms with Gasteiger partial charge < -0.3 is 9.15 Å². The van der Waals surface area contributed by atoms with Crippen molar-refractivity contribution in [3.05, 3.63) is 60.6 Å². The Morgan fingerprint density at radius 2 is 2.11 bits per heavy atom. The fourth-order valence-corrected chi connectivity index (χ4v) is 3.43. The molecule has 0 saturated carbocycles. The minimum atomic E-state index is -4.37. The quantitative estimate of drug-likeness (QED) is 0.375. The van der Waals surface area contributed by atoms with E-state index in [4.69, 9.17) is 9.15 Å². The number of halogens is 3. The van der Waals surface area contributed by atoms with Crippen LogP contribution in [0.5, 0.6) is 5.75 Å². The average Bonchev–Trinajstić information content (AvgIpc) is 3.24. The molecule has 0 aliphatic rings. The number of rotatable bonds is 8. The summed E-state index contributed by atoms with van der Waals surface area (Å²) >= 11 is 1.43. The maximum atomic E-state index is 12.3. The number of ether oxygens (including phenoxy) is 1. The minimum absolute atomic E-state index is 0.178. The van der Waals surface area contributed by atoms with E-state index in [0.29, 0.717) is 23.3 Å². The molecule has 0 fully saturated rings. The number of alkyl halides is 3. The Morgan fingerprint density at radius 1 is 1.29 bits per heavy atom. The van der Waals surface area contributed by atoms with Crippen LogP contribution in [-0.4, -0.2) is 27.5 Å². The highest BCUT2D eigenvalue weighted by Gasteiger charge is 2.28. The highest BCUT2D eigenvalue weighted by Crippen LogP contribution is 2.29. The molecule has 0 aliphatic heterocycles. The Morgan fingerprint density at radius 3 is 2.79 bits per heavy atom. The first-order chi connectivity index (χ1) is 13.4. The fourth-order valence-electron chi connectivity index (χ4n) is 2.54. The van der Waals surface area contributed by atoms with E-state index in [2.05, 4.69) is 16.8 Å². The first-order valence-corrected chi connectivity index (χ1v) is 9.36. The van der Waals surface area contributed by atoms with Crippen LogP contribution in [-0.2, 0) is 12.3 Å². The SMILES string of the molecule is C=CCn1c(SCc2cccc(OCC(F)(F)F)c2)nnc1-c1ccoc1C. The second-order valence-corrected chi connectivity index (χ2v) is 6.88. The summed E-state index contributed by atoms with van der Waals surface area (Å²) in [5, 5.41) is 9.18. The van der Waals surface area contributed by atoms with Crippen molar-refractivity contribution in [1.82, 2.24) is 14.8 Å². The van der Waals surface area contributed by atoms with Crippen LogP contribution in [0.2, 0.25) is 0 Å².